The van der Waals surface area contributed by atoms with Gasteiger partial charge >= 0.3 is 6.03 Å². The van der Waals surface area contributed by atoms with Gasteiger partial charge in [0.1, 0.15) is 22.0 Å². The van der Waals surface area contributed by atoms with Crippen LogP contribution in [0.4, 0.5) is 14.9 Å². The Morgan fingerprint density at radius 2 is 2.03 bits per heavy atom. The van der Waals surface area contributed by atoms with Gasteiger partial charge < -0.3 is 10.2 Å². The highest BCUT2D eigenvalue weighted by Crippen LogP contribution is 2.43. The fourth-order valence-electron chi connectivity index (χ4n) is 4.65. The number of benzene rings is 2. The number of aromatic nitrogens is 2. The van der Waals surface area contributed by atoms with E-state index in [1.807, 2.05) is 6.07 Å². The molecule has 1 atom stereocenters. The van der Waals surface area contributed by atoms with Gasteiger partial charge in [-0.1, -0.05) is 18.2 Å². The van der Waals surface area contributed by atoms with Crippen LogP contribution in [0, 0.1) is 12.7 Å². The minimum absolute atomic E-state index is 0.0212. The number of hydrogen-bond donors (Lipinski definition) is 2. The number of rotatable bonds is 6. The zero-order valence-corrected chi connectivity index (χ0v) is 21.0. The number of hydrogen-bond acceptors (Lipinski definition) is 6. The molecule has 35 heavy (non-hydrogen) atoms. The Hall–Kier alpha value is -2.89. The smallest absolute Gasteiger partial charge is 0.321 e. The van der Waals surface area contributed by atoms with Crippen molar-refractivity contribution >= 4 is 33.3 Å². The van der Waals surface area contributed by atoms with Crippen LogP contribution in [-0.2, 0) is 15.4 Å². The third-order valence-electron chi connectivity index (χ3n) is 6.90. The average Bonchev–Trinajstić information content (AvgIpc) is 3.35. The number of amides is 2. The Kier molecular flexibility index (Phi) is 6.10. The Labute approximate surface area is 207 Å². The topological polar surface area (TPSA) is 104 Å². The van der Waals surface area contributed by atoms with Crippen molar-refractivity contribution in [2.75, 3.05) is 25.5 Å². The van der Waals surface area contributed by atoms with Crippen LogP contribution in [0.2, 0.25) is 0 Å². The first-order chi connectivity index (χ1) is 16.7. The summed E-state index contributed by atoms with van der Waals surface area (Å²) >= 11 is 1.23. The van der Waals surface area contributed by atoms with Crippen LogP contribution in [0.15, 0.2) is 47.6 Å². The van der Waals surface area contributed by atoms with Gasteiger partial charge in [0.05, 0.1) is 11.1 Å². The molecule has 1 aliphatic carbocycles. The number of sulfonamides is 1. The highest BCUT2D eigenvalue weighted by atomic mass is 32.2. The maximum absolute atomic E-state index is 14.5. The first kappa shape index (κ1) is 23.8. The number of likely N-dealkylation sites (tertiary alicyclic amines) is 1. The van der Waals surface area contributed by atoms with Crippen LogP contribution < -0.4 is 10.0 Å². The molecule has 2 aromatic carbocycles. The van der Waals surface area contributed by atoms with Crippen molar-refractivity contribution < 1.29 is 17.6 Å². The second-order valence-corrected chi connectivity index (χ2v) is 11.8. The monoisotopic (exact) mass is 515 g/mol. The van der Waals surface area contributed by atoms with Crippen molar-refractivity contribution in [1.29, 1.82) is 0 Å². The number of aryl methyl sites for hydroxylation is 1. The predicted molar refractivity (Wildman–Crippen MR) is 132 cm³/mol. The van der Waals surface area contributed by atoms with E-state index in [1.54, 1.807) is 36.1 Å². The molecule has 1 aliphatic heterocycles. The van der Waals surface area contributed by atoms with Crippen LogP contribution in [0.25, 0.3) is 0 Å². The summed E-state index contributed by atoms with van der Waals surface area (Å²) in [4.78, 5) is 19.4. The van der Waals surface area contributed by atoms with Gasteiger partial charge in [-0.25, -0.2) is 27.3 Å². The molecule has 2 N–H and O–H groups in total. The first-order valence-corrected chi connectivity index (χ1v) is 13.7. The van der Waals surface area contributed by atoms with Crippen LogP contribution >= 0.6 is 11.5 Å². The number of carbonyl (C=O) groups is 1. The number of anilines is 1. The van der Waals surface area contributed by atoms with E-state index in [1.165, 1.54) is 31.0 Å². The summed E-state index contributed by atoms with van der Waals surface area (Å²) in [6.07, 6.45) is 4.11. The van der Waals surface area contributed by atoms with E-state index in [2.05, 4.69) is 19.4 Å². The average molecular weight is 516 g/mol. The minimum atomic E-state index is -3.77. The Bertz CT molecular complexity index is 1380. The fraction of sp³-hybridized carbons (Fsp3) is 0.375. The quantitative estimate of drug-likeness (QED) is 0.517. The number of halogens is 1. The summed E-state index contributed by atoms with van der Waals surface area (Å²) < 4.78 is 46.2. The predicted octanol–water partition coefficient (Wildman–Crippen LogP) is 4.00. The van der Waals surface area contributed by atoms with E-state index >= 15 is 0 Å². The molecule has 1 aromatic heterocycles. The summed E-state index contributed by atoms with van der Waals surface area (Å²) in [6, 6.07) is 9.80. The second-order valence-electron chi connectivity index (χ2n) is 9.13. The lowest BCUT2D eigenvalue weighted by Crippen LogP contribution is -2.38. The second kappa shape index (κ2) is 8.96. The van der Waals surface area contributed by atoms with E-state index in [0.717, 1.165) is 24.0 Å². The molecule has 0 radical (unpaired) electrons. The maximum Gasteiger partial charge on any atom is 0.321 e. The molecule has 184 valence electrons. The molecule has 8 nitrogen and oxygen atoms in total. The number of urea groups is 1. The van der Waals surface area contributed by atoms with Crippen molar-refractivity contribution in [1.82, 2.24) is 19.0 Å². The molecule has 2 fully saturated rings. The first-order valence-electron chi connectivity index (χ1n) is 11.4. The summed E-state index contributed by atoms with van der Waals surface area (Å²) in [7, 11) is -2.43. The fourth-order valence-corrected chi connectivity index (χ4v) is 6.26. The molecule has 3 aromatic rings. The van der Waals surface area contributed by atoms with Crippen LogP contribution in [-0.4, -0.2) is 48.8 Å². The van der Waals surface area contributed by atoms with Gasteiger partial charge in [-0.15, -0.1) is 0 Å². The molecule has 2 heterocycles. The summed E-state index contributed by atoms with van der Waals surface area (Å²) in [5, 5.41) is 3.55. The number of carbonyl (C=O) groups excluding carboxylic acids is 1. The summed E-state index contributed by atoms with van der Waals surface area (Å²) in [5.41, 5.74) is 1.85. The summed E-state index contributed by atoms with van der Waals surface area (Å²) in [5.74, 6) is 0.0818. The lowest BCUT2D eigenvalue weighted by Gasteiger charge is -2.28. The third-order valence-corrected chi connectivity index (χ3v) is 9.25. The van der Waals surface area contributed by atoms with E-state index in [-0.39, 0.29) is 22.9 Å². The van der Waals surface area contributed by atoms with Crippen LogP contribution in [0.1, 0.15) is 46.9 Å². The highest BCUT2D eigenvalue weighted by molar-refractivity contribution is 7.89. The Morgan fingerprint density at radius 1 is 1.23 bits per heavy atom. The van der Waals surface area contributed by atoms with E-state index in [4.69, 9.17) is 0 Å². The molecule has 1 saturated heterocycles. The van der Waals surface area contributed by atoms with Crippen molar-refractivity contribution in [3.05, 3.63) is 70.2 Å². The standard InChI is InChI=1S/C24H26FN5O3S2/c1-15-3-7-18(12-19(15)25)24(22-27-14-28-34-22)9-10-30(13-24)23(31)29-20-11-17(16-4-5-16)6-8-21(20)35(32,33)26-2/h3,6-8,11-12,14,16,26H,4-5,9-10,13H2,1-2H3,(H,29,31). The van der Waals surface area contributed by atoms with Crippen LogP contribution in [0.5, 0.6) is 0 Å². The maximum atomic E-state index is 14.5. The molecule has 2 aliphatic rings. The molecule has 2 amide bonds. The summed E-state index contributed by atoms with van der Waals surface area (Å²) in [6.45, 7) is 2.38. The largest absolute Gasteiger partial charge is 0.323 e. The molecular formula is C24H26FN5O3S2. The van der Waals surface area contributed by atoms with Crippen molar-refractivity contribution in [2.24, 2.45) is 0 Å². The Balaban J connectivity index is 1.46. The van der Waals surface area contributed by atoms with E-state index in [0.29, 0.717) is 29.5 Å². The van der Waals surface area contributed by atoms with Gasteiger partial charge in [0.15, 0.2) is 0 Å². The SMILES string of the molecule is CNS(=O)(=O)c1ccc(C2CC2)cc1NC(=O)N1CCC(c2ccc(C)c(F)c2)(c2ncns2)C1. The van der Waals surface area contributed by atoms with E-state index < -0.39 is 21.5 Å². The minimum Gasteiger partial charge on any atom is -0.323 e. The van der Waals surface area contributed by atoms with Gasteiger partial charge in [-0.2, -0.15) is 4.37 Å². The molecule has 11 heteroatoms. The normalized spacial score (nSPS) is 20.3. The van der Waals surface area contributed by atoms with Crippen LogP contribution in [0.3, 0.4) is 0 Å². The van der Waals surface area contributed by atoms with Gasteiger partial charge in [0.25, 0.3) is 0 Å². The van der Waals surface area contributed by atoms with Crippen molar-refractivity contribution in [2.45, 2.75) is 42.4 Å². The molecule has 0 spiro atoms. The van der Waals surface area contributed by atoms with Crippen molar-refractivity contribution in [3.63, 3.8) is 0 Å². The third kappa shape index (κ3) is 4.43. The van der Waals surface area contributed by atoms with Gasteiger partial charge in [-0.05, 0) is 85.6 Å². The molecule has 5 rings (SSSR count). The number of nitrogens with zero attached hydrogens (tertiary/aromatic N) is 3. The van der Waals surface area contributed by atoms with Gasteiger partial charge in [0, 0.05) is 13.1 Å². The van der Waals surface area contributed by atoms with E-state index in [9.17, 15) is 17.6 Å². The molecule has 1 unspecified atom stereocenters. The molecule has 1 saturated carbocycles. The zero-order valence-electron chi connectivity index (χ0n) is 19.4. The van der Waals surface area contributed by atoms with Gasteiger partial charge in [-0.3, -0.25) is 0 Å². The lowest BCUT2D eigenvalue weighted by atomic mass is 9.80. The molecule has 0 bridgehead atoms. The number of nitrogens with one attached hydrogen (secondary N) is 2. The van der Waals surface area contributed by atoms with Crippen molar-refractivity contribution in [3.8, 4) is 0 Å². The highest BCUT2D eigenvalue weighted by Gasteiger charge is 2.45. The Morgan fingerprint density at radius 3 is 2.69 bits per heavy atom. The molecular weight excluding hydrogens is 489 g/mol. The lowest BCUT2D eigenvalue weighted by molar-refractivity contribution is 0.220. The zero-order chi connectivity index (χ0) is 24.8. The van der Waals surface area contributed by atoms with Gasteiger partial charge in [0.2, 0.25) is 10.0 Å².